The monoisotopic (exact) mass is 282 g/mol. The molecule has 2 aromatic rings. The molecule has 1 aromatic carbocycles. The lowest BCUT2D eigenvalue weighted by molar-refractivity contribution is 0.0694. The van der Waals surface area contributed by atoms with Gasteiger partial charge in [-0.05, 0) is 50.1 Å². The van der Waals surface area contributed by atoms with Crippen molar-refractivity contribution in [3.63, 3.8) is 0 Å². The first-order valence-electron chi connectivity index (χ1n) is 6.32. The molecule has 0 saturated heterocycles. The van der Waals surface area contributed by atoms with Gasteiger partial charge in [0, 0.05) is 5.69 Å². The van der Waals surface area contributed by atoms with Gasteiger partial charge in [-0.15, -0.1) is 0 Å². The highest BCUT2D eigenvalue weighted by molar-refractivity contribution is 5.91. The van der Waals surface area contributed by atoms with E-state index in [1.54, 1.807) is 32.0 Å². The maximum Gasteiger partial charge on any atom is 0.339 e. The predicted molar refractivity (Wildman–Crippen MR) is 76.6 cm³/mol. The molecule has 0 aliphatic heterocycles. The van der Waals surface area contributed by atoms with E-state index < -0.39 is 5.97 Å². The number of pyridine rings is 1. The van der Waals surface area contributed by atoms with E-state index in [0.717, 1.165) is 11.1 Å². The maximum atomic E-state index is 11.2. The Morgan fingerprint density at radius 2 is 2.00 bits per heavy atom. The molecule has 1 heterocycles. The van der Waals surface area contributed by atoms with Gasteiger partial charge in [0.25, 0.3) is 0 Å². The van der Waals surface area contributed by atoms with Gasteiger partial charge in [-0.25, -0.2) is 9.78 Å². The predicted octanol–water partition coefficient (Wildman–Crippen LogP) is 3.37. The van der Waals surface area contributed by atoms with Crippen molar-refractivity contribution < 1.29 is 14.6 Å². The summed E-state index contributed by atoms with van der Waals surface area (Å²) in [5.41, 5.74) is 2.64. The van der Waals surface area contributed by atoms with Gasteiger partial charge < -0.3 is 9.84 Å². The molecule has 0 fully saturated rings. The number of carbonyl (C=O) groups is 1. The van der Waals surface area contributed by atoms with Crippen LogP contribution in [-0.2, 0) is 0 Å². The summed E-state index contributed by atoms with van der Waals surface area (Å²) < 4.78 is 5.62. The number of rotatable bonds is 3. The van der Waals surface area contributed by atoms with Gasteiger partial charge in [-0.3, -0.25) is 0 Å². The van der Waals surface area contributed by atoms with Gasteiger partial charge in [0.15, 0.2) is 0 Å². The van der Waals surface area contributed by atoms with Crippen molar-refractivity contribution in [2.75, 3.05) is 0 Å². The van der Waals surface area contributed by atoms with Crippen molar-refractivity contribution in [2.45, 2.75) is 20.8 Å². The highest BCUT2D eigenvalue weighted by atomic mass is 16.5. The van der Waals surface area contributed by atoms with Crippen molar-refractivity contribution in [3.8, 4) is 17.7 Å². The fourth-order valence-corrected chi connectivity index (χ4v) is 2.01. The molecule has 0 atom stereocenters. The van der Waals surface area contributed by atoms with Crippen molar-refractivity contribution >= 4 is 5.97 Å². The molecule has 0 spiro atoms. The average Bonchev–Trinajstić information content (AvgIpc) is 2.37. The van der Waals surface area contributed by atoms with Crippen LogP contribution in [0.2, 0.25) is 0 Å². The fourth-order valence-electron chi connectivity index (χ4n) is 2.01. The van der Waals surface area contributed by atoms with Gasteiger partial charge >= 0.3 is 5.97 Å². The number of hydrogen-bond donors (Lipinski definition) is 1. The summed E-state index contributed by atoms with van der Waals surface area (Å²) in [5, 5.41) is 18.4. The number of aromatic carboxylic acids is 1. The smallest absolute Gasteiger partial charge is 0.339 e. The number of nitrogens with zero attached hydrogens (tertiary/aromatic N) is 2. The van der Waals surface area contributed by atoms with Crippen molar-refractivity contribution in [2.24, 2.45) is 0 Å². The number of aryl methyl sites for hydroxylation is 3. The molecule has 0 radical (unpaired) electrons. The van der Waals surface area contributed by atoms with E-state index in [2.05, 4.69) is 4.98 Å². The second-order valence-corrected chi connectivity index (χ2v) is 4.78. The zero-order valence-electron chi connectivity index (χ0n) is 12.0. The maximum absolute atomic E-state index is 11.2. The Morgan fingerprint density at radius 1 is 1.29 bits per heavy atom. The summed E-state index contributed by atoms with van der Waals surface area (Å²) >= 11 is 0. The molecule has 5 nitrogen and oxygen atoms in total. The molecule has 0 bridgehead atoms. The molecule has 0 unspecified atom stereocenters. The summed E-state index contributed by atoms with van der Waals surface area (Å²) in [6.45, 7) is 5.41. The first-order chi connectivity index (χ1) is 9.92. The summed E-state index contributed by atoms with van der Waals surface area (Å²) in [4.78, 5) is 15.4. The van der Waals surface area contributed by atoms with Crippen molar-refractivity contribution in [3.05, 3.63) is 52.2 Å². The zero-order valence-corrected chi connectivity index (χ0v) is 12.0. The van der Waals surface area contributed by atoms with E-state index in [1.165, 1.54) is 6.07 Å². The molecule has 106 valence electrons. The minimum Gasteiger partial charge on any atom is -0.478 e. The first kappa shape index (κ1) is 14.5. The lowest BCUT2D eigenvalue weighted by Gasteiger charge is -2.11. The van der Waals surface area contributed by atoms with Crippen LogP contribution >= 0.6 is 0 Å². The minimum absolute atomic E-state index is 0.0328. The van der Waals surface area contributed by atoms with E-state index in [9.17, 15) is 15.2 Å². The van der Waals surface area contributed by atoms with E-state index in [0.29, 0.717) is 11.3 Å². The normalized spacial score (nSPS) is 10.0. The summed E-state index contributed by atoms with van der Waals surface area (Å²) in [6.07, 6.45) is 0. The lowest BCUT2D eigenvalue weighted by atomic mass is 10.1. The second-order valence-electron chi connectivity index (χ2n) is 4.78. The molecule has 2 rings (SSSR count). The Kier molecular flexibility index (Phi) is 3.90. The molecule has 1 aromatic heterocycles. The zero-order chi connectivity index (χ0) is 15.6. The Morgan fingerprint density at radius 3 is 2.62 bits per heavy atom. The Labute approximate surface area is 122 Å². The Bertz CT molecular complexity index is 761. The standard InChI is InChI=1S/C16H14N2O3/c1-9-4-5-12(16(19)20)14(6-9)21-15-13(8-17)10(2)7-11(3)18-15/h4-7H,1-3H3,(H,19,20). The van der Waals surface area contributed by atoms with Gasteiger partial charge in [0.2, 0.25) is 5.88 Å². The van der Waals surface area contributed by atoms with Crippen LogP contribution in [0.4, 0.5) is 0 Å². The van der Waals surface area contributed by atoms with Crippen LogP contribution < -0.4 is 4.74 Å². The summed E-state index contributed by atoms with van der Waals surface area (Å²) in [5.74, 6) is -0.785. The Hall–Kier alpha value is -2.87. The highest BCUT2D eigenvalue weighted by Crippen LogP contribution is 2.29. The minimum atomic E-state index is -1.09. The number of benzene rings is 1. The number of aromatic nitrogens is 1. The van der Waals surface area contributed by atoms with Gasteiger partial charge in [-0.1, -0.05) is 6.07 Å². The number of hydrogen-bond acceptors (Lipinski definition) is 4. The van der Waals surface area contributed by atoms with Crippen LogP contribution in [0, 0.1) is 32.1 Å². The molecule has 0 amide bonds. The first-order valence-corrected chi connectivity index (χ1v) is 6.32. The average molecular weight is 282 g/mol. The van der Waals surface area contributed by atoms with Crippen molar-refractivity contribution in [1.29, 1.82) is 5.26 Å². The van der Waals surface area contributed by atoms with E-state index in [-0.39, 0.29) is 17.2 Å². The van der Waals surface area contributed by atoms with Gasteiger partial charge in [0.1, 0.15) is 22.9 Å². The molecular weight excluding hydrogens is 268 g/mol. The number of carboxylic acid groups (broad SMARTS) is 1. The number of ether oxygens (including phenoxy) is 1. The summed E-state index contributed by atoms with van der Waals surface area (Å²) in [7, 11) is 0. The van der Waals surface area contributed by atoms with Gasteiger partial charge in [-0.2, -0.15) is 5.26 Å². The van der Waals surface area contributed by atoms with Crippen LogP contribution in [0.25, 0.3) is 0 Å². The van der Waals surface area contributed by atoms with E-state index in [1.807, 2.05) is 13.0 Å². The molecular formula is C16H14N2O3. The third kappa shape index (κ3) is 3.00. The SMILES string of the molecule is Cc1ccc(C(=O)O)c(Oc2nc(C)cc(C)c2C#N)c1. The third-order valence-corrected chi connectivity index (χ3v) is 3.00. The van der Waals surface area contributed by atoms with Crippen LogP contribution in [-0.4, -0.2) is 16.1 Å². The number of nitriles is 1. The van der Waals surface area contributed by atoms with Crippen LogP contribution in [0.15, 0.2) is 24.3 Å². The van der Waals surface area contributed by atoms with Crippen LogP contribution in [0.3, 0.4) is 0 Å². The molecule has 1 N–H and O–H groups in total. The topological polar surface area (TPSA) is 83.2 Å². The number of carboxylic acids is 1. The third-order valence-electron chi connectivity index (χ3n) is 3.00. The largest absolute Gasteiger partial charge is 0.478 e. The van der Waals surface area contributed by atoms with Crippen molar-refractivity contribution in [1.82, 2.24) is 4.98 Å². The van der Waals surface area contributed by atoms with E-state index >= 15 is 0 Å². The Balaban J connectivity index is 2.55. The second kappa shape index (κ2) is 5.63. The van der Waals surface area contributed by atoms with Crippen LogP contribution in [0.5, 0.6) is 11.6 Å². The summed E-state index contributed by atoms with van der Waals surface area (Å²) in [6, 6.07) is 8.60. The molecule has 0 saturated carbocycles. The highest BCUT2D eigenvalue weighted by Gasteiger charge is 2.16. The molecule has 0 aliphatic rings. The molecule has 21 heavy (non-hydrogen) atoms. The fraction of sp³-hybridized carbons (Fsp3) is 0.188. The lowest BCUT2D eigenvalue weighted by Crippen LogP contribution is -2.03. The molecule has 0 aliphatic carbocycles. The van der Waals surface area contributed by atoms with Gasteiger partial charge in [0.05, 0.1) is 0 Å². The van der Waals surface area contributed by atoms with Crippen LogP contribution in [0.1, 0.15) is 32.7 Å². The quantitative estimate of drug-likeness (QED) is 0.933. The molecule has 5 heteroatoms. The van der Waals surface area contributed by atoms with E-state index in [4.69, 9.17) is 4.74 Å².